The summed E-state index contributed by atoms with van der Waals surface area (Å²) in [5.41, 5.74) is 12.2. The van der Waals surface area contributed by atoms with Crippen LogP contribution in [0.2, 0.25) is 0 Å². The van der Waals surface area contributed by atoms with Gasteiger partial charge in [-0.1, -0.05) is 18.2 Å². The number of hydrogen-bond donors (Lipinski definition) is 3. The Morgan fingerprint density at radius 3 is 2.70 bits per heavy atom. The predicted molar refractivity (Wildman–Crippen MR) is 130 cm³/mol. The largest absolute Gasteiger partial charge is 0.493 e. The number of nitrogen functional groups attached to an aromatic ring is 1. The number of fused-ring (bicyclic) bond motifs is 1. The van der Waals surface area contributed by atoms with Gasteiger partial charge in [0.15, 0.2) is 11.5 Å². The highest BCUT2D eigenvalue weighted by Crippen LogP contribution is 2.35. The van der Waals surface area contributed by atoms with E-state index in [2.05, 4.69) is 11.4 Å². The summed E-state index contributed by atoms with van der Waals surface area (Å²) in [5, 5.41) is 12.9. The van der Waals surface area contributed by atoms with Crippen molar-refractivity contribution in [2.75, 3.05) is 29.6 Å². The molecule has 1 amide bonds. The standard InChI is InChI=1S/C26H29N3O4/c1-17-7-25(32-2)26(33-15-19-8-18(14-30)9-21(27)10-19)12-23(17)28-13-22-11-20-5-3-4-6-24(20)29(22)16-31/h3-10,12,16,22,28,30H,11,13-15,27H2,1-2H3. The van der Waals surface area contributed by atoms with Gasteiger partial charge in [-0.25, -0.2) is 0 Å². The van der Waals surface area contributed by atoms with Gasteiger partial charge in [-0.3, -0.25) is 4.79 Å². The number of aliphatic hydroxyl groups excluding tert-OH is 1. The van der Waals surface area contributed by atoms with Crippen LogP contribution < -0.4 is 25.4 Å². The lowest BCUT2D eigenvalue weighted by Gasteiger charge is -2.23. The molecule has 1 aliphatic rings. The SMILES string of the molecule is COc1cc(C)c(NCC2Cc3ccccc3N2C=O)cc1OCc1cc(N)cc(CO)c1. The van der Waals surface area contributed by atoms with Crippen molar-refractivity contribution in [3.8, 4) is 11.5 Å². The number of benzene rings is 3. The Labute approximate surface area is 193 Å². The summed E-state index contributed by atoms with van der Waals surface area (Å²) in [7, 11) is 1.61. The van der Waals surface area contributed by atoms with Crippen molar-refractivity contribution in [3.05, 3.63) is 76.9 Å². The summed E-state index contributed by atoms with van der Waals surface area (Å²) >= 11 is 0. The molecule has 4 rings (SSSR count). The normalized spacial score (nSPS) is 14.6. The molecular formula is C26H29N3O4. The minimum atomic E-state index is -0.0806. The van der Waals surface area contributed by atoms with Gasteiger partial charge in [0, 0.05) is 29.7 Å². The third-order valence-electron chi connectivity index (χ3n) is 5.92. The van der Waals surface area contributed by atoms with E-state index in [1.165, 1.54) is 5.56 Å². The van der Waals surface area contributed by atoms with Gasteiger partial charge >= 0.3 is 0 Å². The topological polar surface area (TPSA) is 97.0 Å². The number of anilines is 3. The molecule has 7 nitrogen and oxygen atoms in total. The van der Waals surface area contributed by atoms with Gasteiger partial charge in [0.2, 0.25) is 6.41 Å². The number of para-hydroxylation sites is 1. The van der Waals surface area contributed by atoms with Gasteiger partial charge in [0.05, 0.1) is 19.8 Å². The molecule has 0 saturated heterocycles. The number of hydrogen-bond acceptors (Lipinski definition) is 6. The Morgan fingerprint density at radius 2 is 1.94 bits per heavy atom. The molecule has 172 valence electrons. The van der Waals surface area contributed by atoms with E-state index in [1.54, 1.807) is 18.1 Å². The van der Waals surface area contributed by atoms with Gasteiger partial charge in [-0.15, -0.1) is 0 Å². The fourth-order valence-electron chi connectivity index (χ4n) is 4.28. The number of rotatable bonds is 9. The second-order valence-corrected chi connectivity index (χ2v) is 8.23. The number of amides is 1. The molecule has 0 fully saturated rings. The molecule has 0 spiro atoms. The molecule has 4 N–H and O–H groups in total. The van der Waals surface area contributed by atoms with Crippen LogP contribution in [0.25, 0.3) is 0 Å². The molecule has 0 bridgehead atoms. The zero-order valence-electron chi connectivity index (χ0n) is 18.9. The van der Waals surface area contributed by atoms with E-state index in [4.69, 9.17) is 15.2 Å². The predicted octanol–water partition coefficient (Wildman–Crippen LogP) is 3.66. The Hall–Kier alpha value is -3.71. The summed E-state index contributed by atoms with van der Waals surface area (Å²) in [6, 6.07) is 17.3. The zero-order valence-corrected chi connectivity index (χ0v) is 18.9. The maximum absolute atomic E-state index is 11.7. The van der Waals surface area contributed by atoms with Gasteiger partial charge in [-0.2, -0.15) is 0 Å². The average molecular weight is 448 g/mol. The third kappa shape index (κ3) is 4.88. The molecule has 0 saturated carbocycles. The van der Waals surface area contributed by atoms with Crippen molar-refractivity contribution in [2.24, 2.45) is 0 Å². The van der Waals surface area contributed by atoms with Crippen molar-refractivity contribution in [1.29, 1.82) is 0 Å². The second-order valence-electron chi connectivity index (χ2n) is 8.23. The molecule has 1 atom stereocenters. The quantitative estimate of drug-likeness (QED) is 0.342. The van der Waals surface area contributed by atoms with Crippen LogP contribution in [0.1, 0.15) is 22.3 Å². The van der Waals surface area contributed by atoms with Crippen LogP contribution >= 0.6 is 0 Å². The molecule has 1 heterocycles. The molecule has 1 aliphatic heterocycles. The first kappa shape index (κ1) is 22.5. The Morgan fingerprint density at radius 1 is 1.15 bits per heavy atom. The molecule has 7 heteroatoms. The van der Waals surface area contributed by atoms with Crippen LogP contribution in [0.5, 0.6) is 11.5 Å². The fraction of sp³-hybridized carbons (Fsp3) is 0.269. The van der Waals surface area contributed by atoms with Gasteiger partial charge < -0.3 is 30.5 Å². The van der Waals surface area contributed by atoms with E-state index >= 15 is 0 Å². The van der Waals surface area contributed by atoms with E-state index < -0.39 is 0 Å². The Bertz CT molecular complexity index is 1150. The molecule has 0 aliphatic carbocycles. The second kappa shape index (κ2) is 9.83. The number of ether oxygens (including phenoxy) is 2. The van der Waals surface area contributed by atoms with Crippen molar-refractivity contribution in [3.63, 3.8) is 0 Å². The van der Waals surface area contributed by atoms with E-state index in [1.807, 2.05) is 49.4 Å². The lowest BCUT2D eigenvalue weighted by Crippen LogP contribution is -2.36. The summed E-state index contributed by atoms with van der Waals surface area (Å²) < 4.78 is 11.6. The molecule has 0 aromatic heterocycles. The number of aliphatic hydroxyl groups is 1. The van der Waals surface area contributed by atoms with Crippen LogP contribution in [0.3, 0.4) is 0 Å². The zero-order chi connectivity index (χ0) is 23.4. The highest BCUT2D eigenvalue weighted by atomic mass is 16.5. The van der Waals surface area contributed by atoms with Crippen molar-refractivity contribution < 1.29 is 19.4 Å². The lowest BCUT2D eigenvalue weighted by molar-refractivity contribution is -0.107. The first-order valence-electron chi connectivity index (χ1n) is 10.9. The average Bonchev–Trinajstić information content (AvgIpc) is 3.19. The minimum absolute atomic E-state index is 0.0370. The maximum atomic E-state index is 11.7. The summed E-state index contributed by atoms with van der Waals surface area (Å²) in [5.74, 6) is 1.23. The molecule has 1 unspecified atom stereocenters. The van der Waals surface area contributed by atoms with Crippen molar-refractivity contribution in [1.82, 2.24) is 0 Å². The molecular weight excluding hydrogens is 418 g/mol. The van der Waals surface area contributed by atoms with Crippen molar-refractivity contribution in [2.45, 2.75) is 32.6 Å². The summed E-state index contributed by atoms with van der Waals surface area (Å²) in [6.45, 7) is 2.81. The van der Waals surface area contributed by atoms with Gasteiger partial charge in [0.25, 0.3) is 0 Å². The molecule has 3 aromatic rings. The van der Waals surface area contributed by atoms with Crippen LogP contribution in [0.15, 0.2) is 54.6 Å². The van der Waals surface area contributed by atoms with Gasteiger partial charge in [-0.05, 0) is 65.9 Å². The third-order valence-corrected chi connectivity index (χ3v) is 5.92. The van der Waals surface area contributed by atoms with Gasteiger partial charge in [0.1, 0.15) is 6.61 Å². The van der Waals surface area contributed by atoms with Crippen LogP contribution in [0, 0.1) is 6.92 Å². The Balaban J connectivity index is 1.49. The lowest BCUT2D eigenvalue weighted by atomic mass is 10.1. The Kier molecular flexibility index (Phi) is 6.70. The minimum Gasteiger partial charge on any atom is -0.493 e. The summed E-state index contributed by atoms with van der Waals surface area (Å²) in [4.78, 5) is 13.5. The fourth-order valence-corrected chi connectivity index (χ4v) is 4.28. The number of carbonyl (C=O) groups excluding carboxylic acids is 1. The first-order valence-corrected chi connectivity index (χ1v) is 10.9. The number of methoxy groups -OCH3 is 1. The summed E-state index contributed by atoms with van der Waals surface area (Å²) in [6.07, 6.45) is 1.71. The highest BCUT2D eigenvalue weighted by molar-refractivity contribution is 5.81. The van der Waals surface area contributed by atoms with Crippen molar-refractivity contribution >= 4 is 23.5 Å². The van der Waals surface area contributed by atoms with Crippen LogP contribution in [-0.2, 0) is 24.4 Å². The number of aryl methyl sites for hydroxylation is 1. The molecule has 33 heavy (non-hydrogen) atoms. The van der Waals surface area contributed by atoms with Crippen LogP contribution in [0.4, 0.5) is 17.1 Å². The van der Waals surface area contributed by atoms with Crippen LogP contribution in [-0.4, -0.2) is 31.2 Å². The monoisotopic (exact) mass is 447 g/mol. The maximum Gasteiger partial charge on any atom is 0.214 e. The number of nitrogens with two attached hydrogens (primary N) is 1. The highest BCUT2D eigenvalue weighted by Gasteiger charge is 2.28. The number of nitrogens with zero attached hydrogens (tertiary/aromatic N) is 1. The molecule has 3 aromatic carbocycles. The smallest absolute Gasteiger partial charge is 0.214 e. The molecule has 0 radical (unpaired) electrons. The first-order chi connectivity index (χ1) is 16.0. The van der Waals surface area contributed by atoms with E-state index in [9.17, 15) is 9.90 Å². The van der Waals surface area contributed by atoms with E-state index in [0.29, 0.717) is 23.7 Å². The number of carbonyl (C=O) groups is 1. The van der Waals surface area contributed by atoms with E-state index in [0.717, 1.165) is 40.9 Å². The number of nitrogens with one attached hydrogen (secondary N) is 1. The van der Waals surface area contributed by atoms with E-state index in [-0.39, 0.29) is 19.3 Å².